The van der Waals surface area contributed by atoms with E-state index in [0.29, 0.717) is 5.92 Å². The minimum absolute atomic E-state index is 0.0885. The highest BCUT2D eigenvalue weighted by atomic mass is 15.0. The van der Waals surface area contributed by atoms with Crippen LogP contribution >= 0.6 is 0 Å². The maximum absolute atomic E-state index is 6.06. The molecule has 0 spiro atoms. The van der Waals surface area contributed by atoms with Gasteiger partial charge in [-0.3, -0.25) is 0 Å². The molecule has 2 unspecified atom stereocenters. The molecule has 0 aromatic rings. The Bertz CT molecular complexity index is 195. The van der Waals surface area contributed by atoms with Crippen LogP contribution in [0.5, 0.6) is 0 Å². The van der Waals surface area contributed by atoms with Crippen LogP contribution in [0.2, 0.25) is 0 Å². The quantitative estimate of drug-likeness (QED) is 0.493. The summed E-state index contributed by atoms with van der Waals surface area (Å²) < 4.78 is 0. The van der Waals surface area contributed by atoms with Gasteiger partial charge in [-0.25, -0.2) is 0 Å². The molecular weight excluding hydrogens is 124 g/mol. The summed E-state index contributed by atoms with van der Waals surface area (Å²) in [6.45, 7) is 1.94. The van der Waals surface area contributed by atoms with Crippen LogP contribution in [0.4, 0.5) is 0 Å². The zero-order chi connectivity index (χ0) is 7.03. The molecule has 2 nitrogen and oxygen atoms in total. The summed E-state index contributed by atoms with van der Waals surface area (Å²) in [5.74, 6) is 0.512. The maximum Gasteiger partial charge on any atom is 0.0544 e. The molecule has 1 heterocycles. The molecule has 0 saturated carbocycles. The summed E-state index contributed by atoms with van der Waals surface area (Å²) in [5, 5.41) is 3.28. The van der Waals surface area contributed by atoms with E-state index in [0.717, 1.165) is 13.1 Å². The first-order chi connectivity index (χ1) is 4.81. The molecule has 0 aromatic heterocycles. The Labute approximate surface area is 60.8 Å². The summed E-state index contributed by atoms with van der Waals surface area (Å²) in [4.78, 5) is 0. The Kier molecular flexibility index (Phi) is 1.19. The largest absolute Gasteiger partial charge is 0.320 e. The highest BCUT2D eigenvalue weighted by molar-refractivity contribution is 5.26. The first kappa shape index (κ1) is 6.13. The van der Waals surface area contributed by atoms with E-state index in [2.05, 4.69) is 23.5 Å². The number of fused-ring (bicyclic) bond motifs is 1. The van der Waals surface area contributed by atoms with Gasteiger partial charge in [-0.15, -0.1) is 0 Å². The third-order valence-corrected chi connectivity index (χ3v) is 2.35. The fraction of sp³-hybridized carbons (Fsp3) is 0.500. The lowest BCUT2D eigenvalue weighted by atomic mass is 9.85. The maximum atomic E-state index is 6.06. The van der Waals surface area contributed by atoms with Crippen molar-refractivity contribution in [3.05, 3.63) is 24.3 Å². The number of nitrogens with two attached hydrogens (primary N) is 1. The standard InChI is InChI=1S/C8H12N2/c9-8-4-2-1-3-7(8)5-10-6-8/h1-4,7,10H,5-6,9H2. The first-order valence-electron chi connectivity index (χ1n) is 3.67. The van der Waals surface area contributed by atoms with Crippen molar-refractivity contribution >= 4 is 0 Å². The number of hydrogen-bond acceptors (Lipinski definition) is 2. The molecule has 54 valence electrons. The van der Waals surface area contributed by atoms with Crippen LogP contribution in [0.1, 0.15) is 0 Å². The number of nitrogens with one attached hydrogen (secondary N) is 1. The second kappa shape index (κ2) is 1.94. The van der Waals surface area contributed by atoms with Gasteiger partial charge in [0, 0.05) is 19.0 Å². The van der Waals surface area contributed by atoms with Crippen molar-refractivity contribution in [3.8, 4) is 0 Å². The molecule has 0 radical (unpaired) electrons. The van der Waals surface area contributed by atoms with E-state index in [1.165, 1.54) is 0 Å². The van der Waals surface area contributed by atoms with Gasteiger partial charge in [0.2, 0.25) is 0 Å². The van der Waals surface area contributed by atoms with Crippen LogP contribution in [0.25, 0.3) is 0 Å². The summed E-state index contributed by atoms with van der Waals surface area (Å²) in [6, 6.07) is 0. The molecule has 2 rings (SSSR count). The molecule has 1 saturated heterocycles. The van der Waals surface area contributed by atoms with Gasteiger partial charge in [0.05, 0.1) is 5.54 Å². The van der Waals surface area contributed by atoms with Gasteiger partial charge in [0.25, 0.3) is 0 Å². The van der Waals surface area contributed by atoms with Gasteiger partial charge in [0.1, 0.15) is 0 Å². The Balaban J connectivity index is 2.30. The second-order valence-electron chi connectivity index (χ2n) is 3.09. The van der Waals surface area contributed by atoms with Crippen LogP contribution in [0.3, 0.4) is 0 Å². The smallest absolute Gasteiger partial charge is 0.0544 e. The van der Waals surface area contributed by atoms with Crippen LogP contribution in [0.15, 0.2) is 24.3 Å². The monoisotopic (exact) mass is 136 g/mol. The van der Waals surface area contributed by atoms with Gasteiger partial charge in [0.15, 0.2) is 0 Å². The average Bonchev–Trinajstić information content (AvgIpc) is 2.29. The van der Waals surface area contributed by atoms with Crippen molar-refractivity contribution in [1.82, 2.24) is 5.32 Å². The molecule has 0 aromatic carbocycles. The molecule has 2 atom stereocenters. The third-order valence-electron chi connectivity index (χ3n) is 2.35. The molecular formula is C8H12N2. The van der Waals surface area contributed by atoms with Crippen molar-refractivity contribution in [2.75, 3.05) is 13.1 Å². The molecule has 3 N–H and O–H groups in total. The highest BCUT2D eigenvalue weighted by Gasteiger charge is 2.36. The number of rotatable bonds is 0. The predicted molar refractivity (Wildman–Crippen MR) is 41.6 cm³/mol. The molecule has 1 aliphatic heterocycles. The number of hydrogen-bond donors (Lipinski definition) is 2. The minimum atomic E-state index is -0.0885. The lowest BCUT2D eigenvalue weighted by molar-refractivity contribution is 0.489. The summed E-state index contributed by atoms with van der Waals surface area (Å²) in [6.07, 6.45) is 8.38. The Hall–Kier alpha value is -0.600. The summed E-state index contributed by atoms with van der Waals surface area (Å²) in [5.41, 5.74) is 5.98. The normalized spacial score (nSPS) is 43.9. The van der Waals surface area contributed by atoms with E-state index >= 15 is 0 Å². The van der Waals surface area contributed by atoms with Crippen LogP contribution in [-0.2, 0) is 0 Å². The Morgan fingerprint density at radius 1 is 1.50 bits per heavy atom. The lowest BCUT2D eigenvalue weighted by Gasteiger charge is -2.26. The highest BCUT2D eigenvalue weighted by Crippen LogP contribution is 2.24. The molecule has 1 aliphatic carbocycles. The molecule has 2 heteroatoms. The Morgan fingerprint density at radius 2 is 2.40 bits per heavy atom. The fourth-order valence-electron chi connectivity index (χ4n) is 1.63. The van der Waals surface area contributed by atoms with E-state index < -0.39 is 0 Å². The van der Waals surface area contributed by atoms with E-state index in [4.69, 9.17) is 5.73 Å². The van der Waals surface area contributed by atoms with Gasteiger partial charge in [-0.05, 0) is 0 Å². The van der Waals surface area contributed by atoms with Crippen molar-refractivity contribution in [2.45, 2.75) is 5.54 Å². The van der Waals surface area contributed by atoms with Crippen molar-refractivity contribution < 1.29 is 0 Å². The van der Waals surface area contributed by atoms with E-state index in [-0.39, 0.29) is 5.54 Å². The van der Waals surface area contributed by atoms with Crippen molar-refractivity contribution in [1.29, 1.82) is 0 Å². The first-order valence-corrected chi connectivity index (χ1v) is 3.67. The van der Waals surface area contributed by atoms with Crippen LogP contribution < -0.4 is 11.1 Å². The van der Waals surface area contributed by atoms with Gasteiger partial charge in [-0.2, -0.15) is 0 Å². The van der Waals surface area contributed by atoms with Crippen molar-refractivity contribution in [3.63, 3.8) is 0 Å². The third kappa shape index (κ3) is 0.728. The van der Waals surface area contributed by atoms with E-state index in [1.54, 1.807) is 0 Å². The van der Waals surface area contributed by atoms with Gasteiger partial charge < -0.3 is 11.1 Å². The predicted octanol–water partition coefficient (Wildman–Crippen LogP) is 0.0293. The van der Waals surface area contributed by atoms with Crippen LogP contribution in [0, 0.1) is 5.92 Å². The fourth-order valence-corrected chi connectivity index (χ4v) is 1.63. The van der Waals surface area contributed by atoms with E-state index in [1.807, 2.05) is 6.08 Å². The minimum Gasteiger partial charge on any atom is -0.320 e. The van der Waals surface area contributed by atoms with Crippen molar-refractivity contribution in [2.24, 2.45) is 11.7 Å². The summed E-state index contributed by atoms with van der Waals surface area (Å²) >= 11 is 0. The SMILES string of the molecule is NC12C=CC=CC1CNC2. The van der Waals surface area contributed by atoms with E-state index in [9.17, 15) is 0 Å². The van der Waals surface area contributed by atoms with Gasteiger partial charge in [-0.1, -0.05) is 24.3 Å². The molecule has 0 amide bonds. The molecule has 0 bridgehead atoms. The lowest BCUT2D eigenvalue weighted by Crippen LogP contribution is -2.45. The van der Waals surface area contributed by atoms with Gasteiger partial charge >= 0.3 is 0 Å². The zero-order valence-electron chi connectivity index (χ0n) is 5.88. The topological polar surface area (TPSA) is 38.0 Å². The van der Waals surface area contributed by atoms with Crippen LogP contribution in [-0.4, -0.2) is 18.6 Å². The molecule has 2 aliphatic rings. The number of allylic oxidation sites excluding steroid dienone is 2. The molecule has 1 fully saturated rings. The second-order valence-corrected chi connectivity index (χ2v) is 3.09. The molecule has 10 heavy (non-hydrogen) atoms. The summed E-state index contributed by atoms with van der Waals surface area (Å²) in [7, 11) is 0. The zero-order valence-corrected chi connectivity index (χ0v) is 5.88. The Morgan fingerprint density at radius 3 is 3.20 bits per heavy atom. The average molecular weight is 136 g/mol.